The molecular weight excluding hydrogens is 232 g/mol. The van der Waals surface area contributed by atoms with E-state index in [4.69, 9.17) is 0 Å². The molecule has 18 heavy (non-hydrogen) atoms. The number of aromatic amines is 1. The Balaban J connectivity index is 2.26. The van der Waals surface area contributed by atoms with Gasteiger partial charge < -0.3 is 15.0 Å². The molecule has 0 aromatic carbocycles. The Kier molecular flexibility index (Phi) is 3.41. The number of nitrogens with one attached hydrogen (secondary N) is 1. The van der Waals surface area contributed by atoms with Crippen molar-refractivity contribution in [1.82, 2.24) is 9.88 Å². The van der Waals surface area contributed by atoms with Crippen LogP contribution in [0.15, 0.2) is 18.3 Å². The Bertz CT molecular complexity index is 433. The van der Waals surface area contributed by atoms with E-state index >= 15 is 0 Å². The van der Waals surface area contributed by atoms with E-state index in [9.17, 15) is 14.7 Å². The quantitative estimate of drug-likeness (QED) is 0.860. The van der Waals surface area contributed by atoms with Crippen molar-refractivity contribution < 1.29 is 14.7 Å². The predicted molar refractivity (Wildman–Crippen MR) is 66.3 cm³/mol. The Morgan fingerprint density at radius 2 is 2.00 bits per heavy atom. The minimum absolute atomic E-state index is 0.260. The summed E-state index contributed by atoms with van der Waals surface area (Å²) in [5.74, 6) is -1.16. The number of aromatic nitrogens is 1. The van der Waals surface area contributed by atoms with Gasteiger partial charge in [-0.3, -0.25) is 4.79 Å². The summed E-state index contributed by atoms with van der Waals surface area (Å²) in [6.45, 7) is 0. The third kappa shape index (κ3) is 2.00. The van der Waals surface area contributed by atoms with Crippen LogP contribution in [0.4, 0.5) is 0 Å². The Morgan fingerprint density at radius 3 is 2.50 bits per heavy atom. The van der Waals surface area contributed by atoms with Gasteiger partial charge in [0.15, 0.2) is 0 Å². The fourth-order valence-corrected chi connectivity index (χ4v) is 2.67. The number of carbonyl (C=O) groups is 2. The topological polar surface area (TPSA) is 73.4 Å². The molecule has 1 aliphatic carbocycles. The van der Waals surface area contributed by atoms with Crippen LogP contribution in [-0.4, -0.2) is 39.5 Å². The fraction of sp³-hybridized carbons (Fsp3) is 0.538. The molecule has 1 saturated carbocycles. The second kappa shape index (κ2) is 4.84. The molecule has 1 aromatic rings. The molecule has 0 atom stereocenters. The fourth-order valence-electron chi connectivity index (χ4n) is 2.67. The Labute approximate surface area is 106 Å². The van der Waals surface area contributed by atoms with Crippen LogP contribution < -0.4 is 0 Å². The zero-order valence-electron chi connectivity index (χ0n) is 10.5. The Hall–Kier alpha value is -1.78. The van der Waals surface area contributed by atoms with Crippen molar-refractivity contribution in [2.24, 2.45) is 0 Å². The molecular formula is C13H18N2O3. The van der Waals surface area contributed by atoms with Crippen LogP contribution in [0.1, 0.15) is 42.6 Å². The normalized spacial score (nSPS) is 18.3. The second-order valence-electron chi connectivity index (χ2n) is 4.85. The molecule has 1 amide bonds. The van der Waals surface area contributed by atoms with Crippen molar-refractivity contribution in [1.29, 1.82) is 0 Å². The Morgan fingerprint density at radius 1 is 1.33 bits per heavy atom. The first-order chi connectivity index (χ1) is 8.58. The maximum atomic E-state index is 12.2. The molecule has 0 bridgehead atoms. The summed E-state index contributed by atoms with van der Waals surface area (Å²) in [5.41, 5.74) is -0.607. The third-order valence-electron chi connectivity index (χ3n) is 3.85. The van der Waals surface area contributed by atoms with E-state index in [1.54, 1.807) is 25.4 Å². The van der Waals surface area contributed by atoms with Crippen molar-refractivity contribution in [3.8, 4) is 0 Å². The first-order valence-corrected chi connectivity index (χ1v) is 6.23. The summed E-state index contributed by atoms with van der Waals surface area (Å²) in [5, 5.41) is 9.50. The van der Waals surface area contributed by atoms with Crippen molar-refractivity contribution in [3.05, 3.63) is 24.0 Å². The van der Waals surface area contributed by atoms with Crippen molar-refractivity contribution in [2.75, 3.05) is 7.05 Å². The van der Waals surface area contributed by atoms with Crippen molar-refractivity contribution in [3.63, 3.8) is 0 Å². The lowest BCUT2D eigenvalue weighted by Gasteiger charge is -2.40. The zero-order valence-corrected chi connectivity index (χ0v) is 10.5. The molecule has 1 heterocycles. The highest BCUT2D eigenvalue weighted by Crippen LogP contribution is 2.34. The van der Waals surface area contributed by atoms with Gasteiger partial charge >= 0.3 is 5.97 Å². The highest BCUT2D eigenvalue weighted by atomic mass is 16.4. The number of amides is 1. The molecule has 1 aliphatic rings. The van der Waals surface area contributed by atoms with Crippen LogP contribution in [0.25, 0.3) is 0 Å². The van der Waals surface area contributed by atoms with E-state index in [0.717, 1.165) is 19.3 Å². The van der Waals surface area contributed by atoms with E-state index in [-0.39, 0.29) is 5.91 Å². The van der Waals surface area contributed by atoms with Gasteiger partial charge in [-0.2, -0.15) is 0 Å². The average molecular weight is 250 g/mol. The van der Waals surface area contributed by atoms with Gasteiger partial charge in [-0.1, -0.05) is 19.3 Å². The van der Waals surface area contributed by atoms with Crippen LogP contribution in [0.5, 0.6) is 0 Å². The first kappa shape index (κ1) is 12.7. The molecule has 98 valence electrons. The van der Waals surface area contributed by atoms with Gasteiger partial charge in [-0.05, 0) is 25.0 Å². The average Bonchev–Trinajstić information content (AvgIpc) is 2.91. The third-order valence-corrected chi connectivity index (χ3v) is 3.85. The SMILES string of the molecule is CN(C(=O)c1ccc[nH]1)C1(C(=O)O)CCCCC1. The van der Waals surface area contributed by atoms with E-state index in [2.05, 4.69) is 4.98 Å². The molecule has 1 fully saturated rings. The number of carboxylic acids is 1. The number of carbonyl (C=O) groups excluding carboxylic acids is 1. The number of hydrogen-bond acceptors (Lipinski definition) is 2. The van der Waals surface area contributed by atoms with E-state index in [1.165, 1.54) is 4.90 Å². The molecule has 0 unspecified atom stereocenters. The van der Waals surface area contributed by atoms with Gasteiger partial charge in [0.2, 0.25) is 0 Å². The van der Waals surface area contributed by atoms with E-state index in [1.807, 2.05) is 0 Å². The number of rotatable bonds is 3. The predicted octanol–water partition coefficient (Wildman–Crippen LogP) is 1.87. The van der Waals surface area contributed by atoms with Gasteiger partial charge in [0, 0.05) is 13.2 Å². The maximum Gasteiger partial charge on any atom is 0.329 e. The monoisotopic (exact) mass is 250 g/mol. The summed E-state index contributed by atoms with van der Waals surface area (Å²) in [6, 6.07) is 3.40. The minimum atomic E-state index is -1.04. The van der Waals surface area contributed by atoms with Gasteiger partial charge in [0.1, 0.15) is 11.2 Å². The summed E-state index contributed by atoms with van der Waals surface area (Å²) in [7, 11) is 1.59. The van der Waals surface area contributed by atoms with Crippen molar-refractivity contribution in [2.45, 2.75) is 37.6 Å². The largest absolute Gasteiger partial charge is 0.479 e. The van der Waals surface area contributed by atoms with Gasteiger partial charge in [0.05, 0.1) is 0 Å². The van der Waals surface area contributed by atoms with Crippen LogP contribution in [0.2, 0.25) is 0 Å². The molecule has 1 aromatic heterocycles. The number of hydrogen-bond donors (Lipinski definition) is 2. The highest BCUT2D eigenvalue weighted by Gasteiger charge is 2.45. The van der Waals surface area contributed by atoms with Crippen LogP contribution >= 0.6 is 0 Å². The molecule has 2 rings (SSSR count). The molecule has 0 saturated heterocycles. The standard InChI is InChI=1S/C13H18N2O3/c1-15(11(16)10-6-5-9-14-10)13(12(17)18)7-3-2-4-8-13/h5-6,9,14H,2-4,7-8H2,1H3,(H,17,18). The summed E-state index contributed by atoms with van der Waals surface area (Å²) in [6.07, 6.45) is 5.48. The summed E-state index contributed by atoms with van der Waals surface area (Å²) < 4.78 is 0. The molecule has 5 heteroatoms. The first-order valence-electron chi connectivity index (χ1n) is 6.23. The molecule has 0 aliphatic heterocycles. The van der Waals surface area contributed by atoms with E-state index < -0.39 is 11.5 Å². The minimum Gasteiger partial charge on any atom is -0.479 e. The lowest BCUT2D eigenvalue weighted by Crippen LogP contribution is -2.56. The summed E-state index contributed by atoms with van der Waals surface area (Å²) >= 11 is 0. The number of likely N-dealkylation sites (N-methyl/N-ethyl adjacent to an activating group) is 1. The maximum absolute atomic E-state index is 12.2. The molecule has 2 N–H and O–H groups in total. The van der Waals surface area contributed by atoms with Crippen LogP contribution in [0.3, 0.4) is 0 Å². The number of carboxylic acid groups (broad SMARTS) is 1. The smallest absolute Gasteiger partial charge is 0.329 e. The van der Waals surface area contributed by atoms with Gasteiger partial charge in [-0.15, -0.1) is 0 Å². The van der Waals surface area contributed by atoms with Crippen molar-refractivity contribution >= 4 is 11.9 Å². The van der Waals surface area contributed by atoms with Crippen LogP contribution in [-0.2, 0) is 4.79 Å². The van der Waals surface area contributed by atoms with Gasteiger partial charge in [-0.25, -0.2) is 4.79 Å². The second-order valence-corrected chi connectivity index (χ2v) is 4.85. The summed E-state index contributed by atoms with van der Waals surface area (Å²) in [4.78, 5) is 28.1. The zero-order chi connectivity index (χ0) is 13.2. The van der Waals surface area contributed by atoms with Gasteiger partial charge in [0.25, 0.3) is 5.91 Å². The molecule has 0 radical (unpaired) electrons. The highest BCUT2D eigenvalue weighted by molar-refractivity contribution is 5.96. The van der Waals surface area contributed by atoms with E-state index in [0.29, 0.717) is 18.5 Å². The lowest BCUT2D eigenvalue weighted by atomic mass is 9.80. The lowest BCUT2D eigenvalue weighted by molar-refractivity contribution is -0.151. The molecule has 0 spiro atoms. The molecule has 5 nitrogen and oxygen atoms in total. The number of nitrogens with zero attached hydrogens (tertiary/aromatic N) is 1. The number of aliphatic carboxylic acids is 1. The number of H-pyrrole nitrogens is 1. The van der Waals surface area contributed by atoms with Crippen LogP contribution in [0, 0.1) is 0 Å².